The van der Waals surface area contributed by atoms with Crippen LogP contribution in [0.5, 0.6) is 0 Å². The first-order valence-electron chi connectivity index (χ1n) is 5.49. The number of aryl methyl sites for hydroxylation is 1. The van der Waals surface area contributed by atoms with E-state index in [0.717, 1.165) is 11.3 Å². The smallest absolute Gasteiger partial charge is 0.161 e. The number of rotatable bonds is 4. The van der Waals surface area contributed by atoms with Crippen molar-refractivity contribution < 1.29 is 9.18 Å². The highest BCUT2D eigenvalue weighted by Crippen LogP contribution is 2.24. The van der Waals surface area contributed by atoms with Gasteiger partial charge in [-0.3, -0.25) is 4.79 Å². The van der Waals surface area contributed by atoms with Crippen LogP contribution in [0.4, 0.5) is 10.1 Å². The Morgan fingerprint density at radius 1 is 1.41 bits per heavy atom. The number of carbonyl (C=O) groups excluding carboxylic acids is 1. The molecule has 1 rings (SSSR count). The number of ketones is 1. The molecule has 0 bridgehead atoms. The lowest BCUT2D eigenvalue weighted by Crippen LogP contribution is -2.21. The predicted molar refractivity (Wildman–Crippen MR) is 69.2 cm³/mol. The standard InChI is InChI=1S/C14H18FNO/c1-9(2)8-16(5)14-6-10(3)13(15)7-12(14)11(4)17/h6-7H,1,8H2,2-5H3. The lowest BCUT2D eigenvalue weighted by Gasteiger charge is -2.22. The molecule has 0 N–H and O–H groups in total. The fourth-order valence-electron chi connectivity index (χ4n) is 1.75. The Hall–Kier alpha value is -1.64. The van der Waals surface area contributed by atoms with Crippen molar-refractivity contribution in [2.75, 3.05) is 18.5 Å². The Morgan fingerprint density at radius 2 is 2.00 bits per heavy atom. The van der Waals surface area contributed by atoms with Gasteiger partial charge in [0, 0.05) is 24.8 Å². The molecule has 2 nitrogen and oxygen atoms in total. The Bertz CT molecular complexity index is 466. The van der Waals surface area contributed by atoms with Crippen LogP contribution in [0.25, 0.3) is 0 Å². The molecular formula is C14H18FNO. The van der Waals surface area contributed by atoms with Gasteiger partial charge in [0.25, 0.3) is 0 Å². The van der Waals surface area contributed by atoms with Crippen LogP contribution in [0.15, 0.2) is 24.3 Å². The molecule has 0 aliphatic rings. The van der Waals surface area contributed by atoms with E-state index >= 15 is 0 Å². The number of benzene rings is 1. The largest absolute Gasteiger partial charge is 0.370 e. The number of anilines is 1. The highest BCUT2D eigenvalue weighted by atomic mass is 19.1. The summed E-state index contributed by atoms with van der Waals surface area (Å²) in [7, 11) is 1.87. The molecule has 0 spiro atoms. The van der Waals surface area contributed by atoms with Crippen molar-refractivity contribution in [1.29, 1.82) is 0 Å². The van der Waals surface area contributed by atoms with E-state index in [9.17, 15) is 9.18 Å². The molecule has 0 aliphatic heterocycles. The quantitative estimate of drug-likeness (QED) is 0.589. The molecule has 17 heavy (non-hydrogen) atoms. The Balaban J connectivity index is 3.25. The molecule has 0 atom stereocenters. The highest BCUT2D eigenvalue weighted by Gasteiger charge is 2.14. The Morgan fingerprint density at radius 3 is 2.47 bits per heavy atom. The summed E-state index contributed by atoms with van der Waals surface area (Å²) >= 11 is 0. The fraction of sp³-hybridized carbons (Fsp3) is 0.357. The van der Waals surface area contributed by atoms with Crippen LogP contribution in [0.3, 0.4) is 0 Å². The van der Waals surface area contributed by atoms with Crippen LogP contribution in [0, 0.1) is 12.7 Å². The molecular weight excluding hydrogens is 217 g/mol. The van der Waals surface area contributed by atoms with E-state index in [2.05, 4.69) is 6.58 Å². The van der Waals surface area contributed by atoms with Gasteiger partial charge in [0.2, 0.25) is 0 Å². The van der Waals surface area contributed by atoms with Crippen molar-refractivity contribution in [3.05, 3.63) is 41.2 Å². The van der Waals surface area contributed by atoms with Gasteiger partial charge in [-0.2, -0.15) is 0 Å². The maximum absolute atomic E-state index is 13.5. The van der Waals surface area contributed by atoms with Gasteiger partial charge in [-0.15, -0.1) is 0 Å². The first-order chi connectivity index (χ1) is 7.82. The van der Waals surface area contributed by atoms with Crippen molar-refractivity contribution in [1.82, 2.24) is 0 Å². The molecule has 0 saturated heterocycles. The summed E-state index contributed by atoms with van der Waals surface area (Å²) in [4.78, 5) is 13.4. The number of Topliss-reactive ketones (excluding diaryl/α,β-unsaturated/α-hetero) is 1. The Labute approximate surface area is 102 Å². The van der Waals surface area contributed by atoms with Crippen molar-refractivity contribution in [3.63, 3.8) is 0 Å². The van der Waals surface area contributed by atoms with Gasteiger partial charge < -0.3 is 4.90 Å². The molecule has 0 unspecified atom stereocenters. The molecule has 3 heteroatoms. The maximum atomic E-state index is 13.5. The van der Waals surface area contributed by atoms with Crippen LogP contribution >= 0.6 is 0 Å². The first-order valence-corrected chi connectivity index (χ1v) is 5.49. The fourth-order valence-corrected chi connectivity index (χ4v) is 1.75. The zero-order valence-electron chi connectivity index (χ0n) is 10.8. The average Bonchev–Trinajstić information content (AvgIpc) is 2.19. The third kappa shape index (κ3) is 3.16. The lowest BCUT2D eigenvalue weighted by atomic mass is 10.0. The minimum Gasteiger partial charge on any atom is -0.370 e. The number of hydrogen-bond donors (Lipinski definition) is 0. The molecule has 1 aromatic carbocycles. The normalized spacial score (nSPS) is 10.2. The Kier molecular flexibility index (Phi) is 4.05. The zero-order chi connectivity index (χ0) is 13.2. The first kappa shape index (κ1) is 13.4. The molecule has 0 fully saturated rings. The van der Waals surface area contributed by atoms with Crippen LogP contribution in [0.2, 0.25) is 0 Å². The lowest BCUT2D eigenvalue weighted by molar-refractivity contribution is 0.101. The predicted octanol–water partition coefficient (Wildman–Crippen LogP) is 3.35. The number of hydrogen-bond acceptors (Lipinski definition) is 2. The van der Waals surface area contributed by atoms with Gasteiger partial charge in [-0.25, -0.2) is 4.39 Å². The van der Waals surface area contributed by atoms with Gasteiger partial charge in [-0.05, 0) is 38.5 Å². The molecule has 0 amide bonds. The molecule has 0 saturated carbocycles. The van der Waals surface area contributed by atoms with Crippen molar-refractivity contribution in [2.45, 2.75) is 20.8 Å². The number of carbonyl (C=O) groups is 1. The monoisotopic (exact) mass is 235 g/mol. The van der Waals surface area contributed by atoms with Gasteiger partial charge in [0.1, 0.15) is 5.82 Å². The van der Waals surface area contributed by atoms with E-state index < -0.39 is 0 Å². The molecule has 1 aromatic rings. The molecule has 0 heterocycles. The molecule has 92 valence electrons. The van der Waals surface area contributed by atoms with Crippen LogP contribution < -0.4 is 4.90 Å². The topological polar surface area (TPSA) is 20.3 Å². The van der Waals surface area contributed by atoms with E-state index in [4.69, 9.17) is 0 Å². The number of halogens is 1. The summed E-state index contributed by atoms with van der Waals surface area (Å²) in [5, 5.41) is 0. The van der Waals surface area contributed by atoms with E-state index in [-0.39, 0.29) is 11.6 Å². The second-order valence-electron chi connectivity index (χ2n) is 4.49. The van der Waals surface area contributed by atoms with Crippen LogP contribution in [-0.4, -0.2) is 19.4 Å². The van der Waals surface area contributed by atoms with Crippen molar-refractivity contribution in [3.8, 4) is 0 Å². The van der Waals surface area contributed by atoms with E-state index in [0.29, 0.717) is 17.7 Å². The minimum absolute atomic E-state index is 0.132. The third-order valence-corrected chi connectivity index (χ3v) is 2.57. The minimum atomic E-state index is -0.345. The summed E-state index contributed by atoms with van der Waals surface area (Å²) in [5.41, 5.74) is 2.69. The summed E-state index contributed by atoms with van der Waals surface area (Å²) < 4.78 is 13.5. The second-order valence-corrected chi connectivity index (χ2v) is 4.49. The van der Waals surface area contributed by atoms with Gasteiger partial charge in [-0.1, -0.05) is 12.2 Å². The van der Waals surface area contributed by atoms with Gasteiger partial charge in [0.15, 0.2) is 5.78 Å². The zero-order valence-corrected chi connectivity index (χ0v) is 10.8. The highest BCUT2D eigenvalue weighted by molar-refractivity contribution is 5.99. The summed E-state index contributed by atoms with van der Waals surface area (Å²) in [6, 6.07) is 3.01. The number of likely N-dealkylation sites (N-methyl/N-ethyl adjacent to an activating group) is 1. The molecule has 0 radical (unpaired) electrons. The van der Waals surface area contributed by atoms with Crippen LogP contribution in [0.1, 0.15) is 29.8 Å². The summed E-state index contributed by atoms with van der Waals surface area (Å²) in [5.74, 6) is -0.477. The third-order valence-electron chi connectivity index (χ3n) is 2.57. The molecule has 0 aromatic heterocycles. The van der Waals surface area contributed by atoms with Crippen LogP contribution in [-0.2, 0) is 0 Å². The van der Waals surface area contributed by atoms with Gasteiger partial charge >= 0.3 is 0 Å². The van der Waals surface area contributed by atoms with Gasteiger partial charge in [0.05, 0.1) is 0 Å². The average molecular weight is 235 g/mol. The van der Waals surface area contributed by atoms with E-state index in [1.54, 1.807) is 13.0 Å². The second kappa shape index (κ2) is 5.13. The summed E-state index contributed by atoms with van der Waals surface area (Å²) in [6.07, 6.45) is 0. The van der Waals surface area contributed by atoms with E-state index in [1.165, 1.54) is 13.0 Å². The number of nitrogens with zero attached hydrogens (tertiary/aromatic N) is 1. The maximum Gasteiger partial charge on any atom is 0.161 e. The van der Waals surface area contributed by atoms with Crippen molar-refractivity contribution >= 4 is 11.5 Å². The van der Waals surface area contributed by atoms with E-state index in [1.807, 2.05) is 18.9 Å². The van der Waals surface area contributed by atoms with Crippen molar-refractivity contribution in [2.24, 2.45) is 0 Å². The SMILES string of the molecule is C=C(C)CN(C)c1cc(C)c(F)cc1C(C)=O. The molecule has 0 aliphatic carbocycles. The summed E-state index contributed by atoms with van der Waals surface area (Å²) in [6.45, 7) is 9.53.